The molecule has 0 aliphatic carbocycles. The van der Waals surface area contributed by atoms with E-state index in [-0.39, 0.29) is 30.3 Å². The molecule has 0 fully saturated rings. The van der Waals surface area contributed by atoms with Gasteiger partial charge in [0.15, 0.2) is 0 Å². The molecular formula is C24H34O2. The monoisotopic (exact) mass is 354 g/mol. The quantitative estimate of drug-likeness (QED) is 0.724. The minimum Gasteiger partial charge on any atom is -0.396 e. The minimum absolute atomic E-state index is 0.0802. The van der Waals surface area contributed by atoms with E-state index in [4.69, 9.17) is 0 Å². The third-order valence-corrected chi connectivity index (χ3v) is 5.67. The number of aliphatic hydroxyl groups is 2. The maximum Gasteiger partial charge on any atom is 0.0543 e. The first-order chi connectivity index (χ1) is 12.2. The summed E-state index contributed by atoms with van der Waals surface area (Å²) in [6.07, 6.45) is -0.417. The van der Waals surface area contributed by atoms with Gasteiger partial charge in [0.25, 0.3) is 0 Å². The molecule has 2 aromatic rings. The summed E-state index contributed by atoms with van der Waals surface area (Å²) in [5, 5.41) is 20.4. The number of rotatable bonds is 7. The van der Waals surface area contributed by atoms with Gasteiger partial charge in [-0.3, -0.25) is 0 Å². The molecule has 0 bridgehead atoms. The molecule has 26 heavy (non-hydrogen) atoms. The molecule has 0 saturated carbocycles. The Bertz CT molecular complexity index is 700. The van der Waals surface area contributed by atoms with Gasteiger partial charge in [-0.1, -0.05) is 73.0 Å². The molecule has 2 N–H and O–H groups in total. The van der Waals surface area contributed by atoms with Crippen LogP contribution in [-0.2, 0) is 0 Å². The number of hydrogen-bond donors (Lipinski definition) is 2. The van der Waals surface area contributed by atoms with Crippen molar-refractivity contribution in [2.75, 3.05) is 6.61 Å². The average Bonchev–Trinajstić information content (AvgIpc) is 2.57. The predicted molar refractivity (Wildman–Crippen MR) is 110 cm³/mol. The fourth-order valence-electron chi connectivity index (χ4n) is 4.22. The van der Waals surface area contributed by atoms with E-state index in [1.54, 1.807) is 0 Å². The van der Waals surface area contributed by atoms with Crippen LogP contribution >= 0.6 is 0 Å². The van der Waals surface area contributed by atoms with Crippen molar-refractivity contribution in [3.8, 4) is 0 Å². The molecule has 2 nitrogen and oxygen atoms in total. The zero-order valence-electron chi connectivity index (χ0n) is 17.0. The van der Waals surface area contributed by atoms with Crippen LogP contribution in [0.3, 0.4) is 0 Å². The molecule has 0 aliphatic rings. The number of aliphatic hydroxyl groups excluding tert-OH is 2. The zero-order valence-corrected chi connectivity index (χ0v) is 17.0. The molecular weight excluding hydrogens is 320 g/mol. The molecule has 0 saturated heterocycles. The number of benzene rings is 2. The highest BCUT2D eigenvalue weighted by Gasteiger charge is 2.35. The maximum atomic E-state index is 10.4. The molecule has 0 aliphatic heterocycles. The van der Waals surface area contributed by atoms with Gasteiger partial charge in [-0.25, -0.2) is 0 Å². The second-order valence-corrected chi connectivity index (χ2v) is 8.15. The van der Waals surface area contributed by atoms with Crippen LogP contribution in [0.15, 0.2) is 42.5 Å². The maximum absolute atomic E-state index is 10.4. The van der Waals surface area contributed by atoms with Crippen molar-refractivity contribution >= 4 is 0 Å². The topological polar surface area (TPSA) is 40.5 Å². The van der Waals surface area contributed by atoms with Crippen molar-refractivity contribution in [3.63, 3.8) is 0 Å². The molecule has 5 atom stereocenters. The lowest BCUT2D eigenvalue weighted by molar-refractivity contribution is 0.0977. The Hall–Kier alpha value is -1.64. The Labute approximate surface area is 158 Å². The fraction of sp³-hybridized carbons (Fsp3) is 0.500. The molecule has 0 amide bonds. The SMILES string of the molecule is Cc1cc(C)cc(C(C(C)CO)C(c2cccc(C)c2)C(C)C(C)O)c1. The van der Waals surface area contributed by atoms with Crippen LogP contribution in [0.1, 0.15) is 60.4 Å². The summed E-state index contributed by atoms with van der Waals surface area (Å²) in [5.41, 5.74) is 6.19. The fourth-order valence-corrected chi connectivity index (χ4v) is 4.22. The van der Waals surface area contributed by atoms with Crippen molar-refractivity contribution < 1.29 is 10.2 Å². The van der Waals surface area contributed by atoms with Crippen molar-refractivity contribution in [2.24, 2.45) is 11.8 Å². The van der Waals surface area contributed by atoms with E-state index >= 15 is 0 Å². The van der Waals surface area contributed by atoms with Gasteiger partial charge in [-0.2, -0.15) is 0 Å². The summed E-state index contributed by atoms with van der Waals surface area (Å²) in [6, 6.07) is 15.2. The molecule has 0 radical (unpaired) electrons. The van der Waals surface area contributed by atoms with E-state index in [1.165, 1.54) is 27.8 Å². The molecule has 0 spiro atoms. The van der Waals surface area contributed by atoms with Crippen LogP contribution in [0.5, 0.6) is 0 Å². The first kappa shape index (κ1) is 20.7. The van der Waals surface area contributed by atoms with Gasteiger partial charge in [0, 0.05) is 6.61 Å². The van der Waals surface area contributed by atoms with Crippen molar-refractivity contribution in [1.29, 1.82) is 0 Å². The van der Waals surface area contributed by atoms with Crippen molar-refractivity contribution in [2.45, 2.75) is 59.5 Å². The van der Waals surface area contributed by atoms with Crippen LogP contribution in [0.25, 0.3) is 0 Å². The lowest BCUT2D eigenvalue weighted by Crippen LogP contribution is -2.30. The van der Waals surface area contributed by atoms with Gasteiger partial charge < -0.3 is 10.2 Å². The molecule has 2 rings (SSSR count). The van der Waals surface area contributed by atoms with Gasteiger partial charge in [0.05, 0.1) is 6.10 Å². The van der Waals surface area contributed by atoms with E-state index in [2.05, 4.69) is 77.1 Å². The van der Waals surface area contributed by atoms with Crippen LogP contribution in [0, 0.1) is 32.6 Å². The van der Waals surface area contributed by atoms with Crippen LogP contribution in [0.2, 0.25) is 0 Å². The third kappa shape index (κ3) is 4.75. The van der Waals surface area contributed by atoms with Crippen molar-refractivity contribution in [1.82, 2.24) is 0 Å². The second-order valence-electron chi connectivity index (χ2n) is 8.15. The van der Waals surface area contributed by atoms with E-state index in [1.807, 2.05) is 6.92 Å². The van der Waals surface area contributed by atoms with Crippen LogP contribution < -0.4 is 0 Å². The van der Waals surface area contributed by atoms with E-state index in [9.17, 15) is 10.2 Å². The second kappa shape index (κ2) is 8.83. The number of hydrogen-bond acceptors (Lipinski definition) is 2. The lowest BCUT2D eigenvalue weighted by atomic mass is 9.68. The zero-order chi connectivity index (χ0) is 19.4. The Morgan fingerprint density at radius 2 is 1.35 bits per heavy atom. The Morgan fingerprint density at radius 1 is 0.769 bits per heavy atom. The smallest absolute Gasteiger partial charge is 0.0543 e. The normalized spacial score (nSPS) is 17.4. The summed E-state index contributed by atoms with van der Waals surface area (Å²) >= 11 is 0. The van der Waals surface area contributed by atoms with E-state index < -0.39 is 6.10 Å². The largest absolute Gasteiger partial charge is 0.396 e. The highest BCUT2D eigenvalue weighted by molar-refractivity contribution is 5.36. The predicted octanol–water partition coefficient (Wildman–Crippen LogP) is 5.12. The standard InChI is InChI=1S/C24H34O2/c1-15-8-7-9-21(11-15)24(19(5)20(6)26)23(18(4)14-25)22-12-16(2)10-17(3)13-22/h7-13,18-20,23-26H,14H2,1-6H3. The summed E-state index contributed by atoms with van der Waals surface area (Å²) in [4.78, 5) is 0. The Morgan fingerprint density at radius 3 is 1.85 bits per heavy atom. The molecule has 5 unspecified atom stereocenters. The Balaban J connectivity index is 2.65. The van der Waals surface area contributed by atoms with Gasteiger partial charge in [-0.15, -0.1) is 0 Å². The molecule has 2 aromatic carbocycles. The summed E-state index contributed by atoms with van der Waals surface area (Å²) < 4.78 is 0. The highest BCUT2D eigenvalue weighted by atomic mass is 16.3. The van der Waals surface area contributed by atoms with Crippen LogP contribution in [-0.4, -0.2) is 22.9 Å². The Kier molecular flexibility index (Phi) is 7.02. The van der Waals surface area contributed by atoms with Gasteiger partial charge in [-0.05, 0) is 62.5 Å². The number of aryl methyl sites for hydroxylation is 3. The van der Waals surface area contributed by atoms with Gasteiger partial charge in [0.1, 0.15) is 0 Å². The van der Waals surface area contributed by atoms with Gasteiger partial charge in [0.2, 0.25) is 0 Å². The lowest BCUT2D eigenvalue weighted by Gasteiger charge is -2.37. The summed E-state index contributed by atoms with van der Waals surface area (Å²) in [6.45, 7) is 12.6. The molecule has 0 heterocycles. The summed E-state index contributed by atoms with van der Waals surface area (Å²) in [5.74, 6) is 0.461. The molecule has 142 valence electrons. The average molecular weight is 355 g/mol. The van der Waals surface area contributed by atoms with E-state index in [0.717, 1.165) is 0 Å². The highest BCUT2D eigenvalue weighted by Crippen LogP contribution is 2.44. The van der Waals surface area contributed by atoms with Crippen LogP contribution in [0.4, 0.5) is 0 Å². The summed E-state index contributed by atoms with van der Waals surface area (Å²) in [7, 11) is 0. The van der Waals surface area contributed by atoms with Gasteiger partial charge >= 0.3 is 0 Å². The van der Waals surface area contributed by atoms with Crippen molar-refractivity contribution in [3.05, 3.63) is 70.3 Å². The third-order valence-electron chi connectivity index (χ3n) is 5.67. The molecule has 2 heteroatoms. The first-order valence-corrected chi connectivity index (χ1v) is 9.68. The minimum atomic E-state index is -0.417. The first-order valence-electron chi connectivity index (χ1n) is 9.68. The molecule has 0 aromatic heterocycles. The van der Waals surface area contributed by atoms with E-state index in [0.29, 0.717) is 0 Å².